The van der Waals surface area contributed by atoms with Crippen molar-refractivity contribution < 1.29 is 22.7 Å². The van der Waals surface area contributed by atoms with Crippen LogP contribution in [0.15, 0.2) is 23.1 Å². The van der Waals surface area contributed by atoms with Crippen molar-refractivity contribution in [2.45, 2.75) is 37.6 Å². The first-order chi connectivity index (χ1) is 12.3. The average molecular weight is 384 g/mol. The van der Waals surface area contributed by atoms with Crippen LogP contribution in [0.25, 0.3) is 0 Å². The van der Waals surface area contributed by atoms with E-state index in [1.165, 1.54) is 4.31 Å². The van der Waals surface area contributed by atoms with Gasteiger partial charge in [-0.1, -0.05) is 12.1 Å². The molecule has 1 aromatic rings. The molecule has 0 unspecified atom stereocenters. The molecule has 1 saturated heterocycles. The zero-order valence-electron chi connectivity index (χ0n) is 15.7. The molecular weight excluding hydrogens is 356 g/mol. The van der Waals surface area contributed by atoms with Gasteiger partial charge in [-0.3, -0.25) is 4.79 Å². The number of ether oxygens (including phenoxy) is 2. The molecule has 1 aromatic carbocycles. The Balaban J connectivity index is 1.87. The van der Waals surface area contributed by atoms with Gasteiger partial charge < -0.3 is 14.8 Å². The summed E-state index contributed by atoms with van der Waals surface area (Å²) in [6.45, 7) is 5.29. The van der Waals surface area contributed by atoms with Crippen LogP contribution in [-0.2, 0) is 24.3 Å². The fraction of sp³-hybridized carbons (Fsp3) is 0.611. The van der Waals surface area contributed by atoms with Crippen LogP contribution < -0.4 is 5.32 Å². The molecule has 146 valence electrons. The van der Waals surface area contributed by atoms with Crippen molar-refractivity contribution >= 4 is 15.9 Å². The second-order valence-electron chi connectivity index (χ2n) is 6.56. The smallest absolute Gasteiger partial charge is 0.246 e. The minimum Gasteiger partial charge on any atom is -0.382 e. The van der Waals surface area contributed by atoms with E-state index in [0.717, 1.165) is 11.1 Å². The van der Waals surface area contributed by atoms with E-state index in [1.807, 2.05) is 26.0 Å². The van der Waals surface area contributed by atoms with Crippen LogP contribution in [0.4, 0.5) is 0 Å². The lowest BCUT2D eigenvalue weighted by molar-refractivity contribution is -0.127. The third-order valence-corrected chi connectivity index (χ3v) is 6.49. The molecule has 1 amide bonds. The number of hydrogen-bond acceptors (Lipinski definition) is 5. The quantitative estimate of drug-likeness (QED) is 0.682. The van der Waals surface area contributed by atoms with Crippen molar-refractivity contribution in [1.29, 1.82) is 0 Å². The second-order valence-corrected chi connectivity index (χ2v) is 8.47. The van der Waals surface area contributed by atoms with Crippen molar-refractivity contribution in [3.05, 3.63) is 29.3 Å². The summed E-state index contributed by atoms with van der Waals surface area (Å²) in [6.07, 6.45) is 1.18. The van der Waals surface area contributed by atoms with Crippen LogP contribution in [-0.4, -0.2) is 64.7 Å². The van der Waals surface area contributed by atoms with E-state index in [-0.39, 0.29) is 18.6 Å². The number of hydrogen-bond donors (Lipinski definition) is 1. The largest absolute Gasteiger partial charge is 0.382 e. The minimum atomic E-state index is -3.51. The highest BCUT2D eigenvalue weighted by Crippen LogP contribution is 2.24. The van der Waals surface area contributed by atoms with E-state index >= 15 is 0 Å². The Bertz CT molecular complexity index is 712. The Labute approximate surface area is 155 Å². The summed E-state index contributed by atoms with van der Waals surface area (Å²) in [4.78, 5) is 12.2. The highest BCUT2D eigenvalue weighted by atomic mass is 32.2. The number of sulfonamides is 1. The molecule has 0 atom stereocenters. The molecule has 0 aromatic heterocycles. The lowest BCUT2D eigenvalue weighted by Gasteiger charge is -2.32. The lowest BCUT2D eigenvalue weighted by Crippen LogP contribution is -2.47. The molecule has 0 spiro atoms. The summed E-state index contributed by atoms with van der Waals surface area (Å²) < 4.78 is 37.3. The fourth-order valence-corrected chi connectivity index (χ4v) is 4.72. The summed E-state index contributed by atoms with van der Waals surface area (Å²) in [5, 5.41) is 2.90. The SMILES string of the molecule is COCCOCC(=O)NC1CCN(S(=O)(=O)c2cc(C)ccc2C)CC1. The van der Waals surface area contributed by atoms with Crippen molar-refractivity contribution in [2.24, 2.45) is 0 Å². The Morgan fingerprint density at radius 3 is 2.58 bits per heavy atom. The van der Waals surface area contributed by atoms with Crippen molar-refractivity contribution in [1.82, 2.24) is 9.62 Å². The average Bonchev–Trinajstić information content (AvgIpc) is 2.61. The number of amides is 1. The van der Waals surface area contributed by atoms with Crippen LogP contribution in [0, 0.1) is 13.8 Å². The van der Waals surface area contributed by atoms with E-state index in [9.17, 15) is 13.2 Å². The van der Waals surface area contributed by atoms with E-state index in [1.54, 1.807) is 13.2 Å². The Morgan fingerprint density at radius 1 is 1.23 bits per heavy atom. The summed E-state index contributed by atoms with van der Waals surface area (Å²) >= 11 is 0. The molecule has 0 radical (unpaired) electrons. The van der Waals surface area contributed by atoms with Gasteiger partial charge in [-0.2, -0.15) is 4.31 Å². The zero-order chi connectivity index (χ0) is 19.2. The predicted octanol–water partition coefficient (Wildman–Crippen LogP) is 1.24. The molecule has 1 heterocycles. The summed E-state index contributed by atoms with van der Waals surface area (Å²) in [7, 11) is -1.93. The van der Waals surface area contributed by atoms with Gasteiger partial charge in [0.2, 0.25) is 15.9 Å². The van der Waals surface area contributed by atoms with Gasteiger partial charge in [0.1, 0.15) is 6.61 Å². The first-order valence-corrected chi connectivity index (χ1v) is 10.2. The maximum absolute atomic E-state index is 12.9. The third kappa shape index (κ3) is 5.51. The van der Waals surface area contributed by atoms with E-state index in [0.29, 0.717) is 44.0 Å². The van der Waals surface area contributed by atoms with Crippen molar-refractivity contribution in [2.75, 3.05) is 40.0 Å². The van der Waals surface area contributed by atoms with Crippen LogP contribution >= 0.6 is 0 Å². The van der Waals surface area contributed by atoms with Gasteiger partial charge in [0, 0.05) is 26.2 Å². The molecule has 1 aliphatic rings. The van der Waals surface area contributed by atoms with Gasteiger partial charge in [0.15, 0.2) is 0 Å². The van der Waals surface area contributed by atoms with E-state index in [2.05, 4.69) is 5.32 Å². The summed E-state index contributed by atoms with van der Waals surface area (Å²) in [5.74, 6) is -0.183. The minimum absolute atomic E-state index is 0.00956. The molecule has 8 heteroatoms. The number of nitrogens with zero attached hydrogens (tertiary/aromatic N) is 1. The molecule has 1 aliphatic heterocycles. The number of nitrogens with one attached hydrogen (secondary N) is 1. The number of rotatable bonds is 8. The van der Waals surface area contributed by atoms with E-state index in [4.69, 9.17) is 9.47 Å². The van der Waals surface area contributed by atoms with E-state index < -0.39 is 10.0 Å². The zero-order valence-corrected chi connectivity index (χ0v) is 16.5. The number of benzene rings is 1. The molecule has 26 heavy (non-hydrogen) atoms. The van der Waals surface area contributed by atoms with Crippen molar-refractivity contribution in [3.63, 3.8) is 0 Å². The van der Waals surface area contributed by atoms with Crippen molar-refractivity contribution in [3.8, 4) is 0 Å². The maximum atomic E-state index is 12.9. The van der Waals surface area contributed by atoms with Gasteiger partial charge >= 0.3 is 0 Å². The van der Waals surface area contributed by atoms with Crippen LogP contribution in [0.1, 0.15) is 24.0 Å². The number of methoxy groups -OCH3 is 1. The summed E-state index contributed by atoms with van der Waals surface area (Å²) in [5.41, 5.74) is 1.67. The van der Waals surface area contributed by atoms with Gasteiger partial charge in [-0.05, 0) is 43.9 Å². The Kier molecular flexibility index (Phi) is 7.57. The predicted molar refractivity (Wildman–Crippen MR) is 98.5 cm³/mol. The number of carbonyl (C=O) groups excluding carboxylic acids is 1. The Hall–Kier alpha value is -1.48. The highest BCUT2D eigenvalue weighted by Gasteiger charge is 2.30. The van der Waals surface area contributed by atoms with Gasteiger partial charge in [-0.15, -0.1) is 0 Å². The molecule has 0 aliphatic carbocycles. The maximum Gasteiger partial charge on any atom is 0.246 e. The van der Waals surface area contributed by atoms with Gasteiger partial charge in [0.25, 0.3) is 0 Å². The molecule has 0 bridgehead atoms. The van der Waals surface area contributed by atoms with Gasteiger partial charge in [0.05, 0.1) is 18.1 Å². The van der Waals surface area contributed by atoms with Crippen LogP contribution in [0.5, 0.6) is 0 Å². The number of aryl methyl sites for hydroxylation is 2. The fourth-order valence-electron chi connectivity index (χ4n) is 2.94. The molecule has 2 rings (SSSR count). The molecule has 0 saturated carbocycles. The van der Waals surface area contributed by atoms with Crippen LogP contribution in [0.3, 0.4) is 0 Å². The topological polar surface area (TPSA) is 84.9 Å². The normalized spacial score (nSPS) is 16.6. The molecule has 1 fully saturated rings. The van der Waals surface area contributed by atoms with Gasteiger partial charge in [-0.25, -0.2) is 8.42 Å². The standard InChI is InChI=1S/C18H28N2O5S/c1-14-4-5-15(2)17(12-14)26(22,23)20-8-6-16(7-9-20)19-18(21)13-25-11-10-24-3/h4-5,12,16H,6-11,13H2,1-3H3,(H,19,21). The molecular formula is C18H28N2O5S. The monoisotopic (exact) mass is 384 g/mol. The summed E-state index contributed by atoms with van der Waals surface area (Å²) in [6, 6.07) is 5.43. The Morgan fingerprint density at radius 2 is 1.92 bits per heavy atom. The highest BCUT2D eigenvalue weighted by molar-refractivity contribution is 7.89. The third-order valence-electron chi connectivity index (χ3n) is 4.45. The van der Waals surface area contributed by atoms with Crippen LogP contribution in [0.2, 0.25) is 0 Å². The number of piperidine rings is 1. The first-order valence-electron chi connectivity index (χ1n) is 8.78. The molecule has 7 nitrogen and oxygen atoms in total. The number of carbonyl (C=O) groups is 1. The first kappa shape index (κ1) is 20.8. The lowest BCUT2D eigenvalue weighted by atomic mass is 10.1. The molecule has 1 N–H and O–H groups in total. The second kappa shape index (κ2) is 9.45.